The Morgan fingerprint density at radius 1 is 1.25 bits per heavy atom. The Balaban J connectivity index is 1.76. The maximum atomic E-state index is 12.0. The van der Waals surface area contributed by atoms with Crippen molar-refractivity contribution in [3.63, 3.8) is 0 Å². The molecule has 0 bridgehead atoms. The van der Waals surface area contributed by atoms with E-state index in [1.54, 1.807) is 13.2 Å². The van der Waals surface area contributed by atoms with Crippen LogP contribution in [-0.2, 0) is 9.59 Å². The lowest BCUT2D eigenvalue weighted by Gasteiger charge is -2.20. The Labute approximate surface area is 167 Å². The molecule has 0 aliphatic carbocycles. The average Bonchev–Trinajstić information content (AvgIpc) is 2.92. The number of likely N-dealkylation sites (tertiary alicyclic amines) is 1. The summed E-state index contributed by atoms with van der Waals surface area (Å²) in [5.74, 6) is 1.45. The van der Waals surface area contributed by atoms with Crippen molar-refractivity contribution in [2.75, 3.05) is 33.4 Å². The Morgan fingerprint density at radius 3 is 2.89 bits per heavy atom. The molecule has 1 aliphatic rings. The maximum Gasteiger partial charge on any atom is 0.244 e. The van der Waals surface area contributed by atoms with Crippen molar-refractivity contribution in [3.8, 4) is 11.5 Å². The number of hydrogen-bond donors (Lipinski definition) is 1. The Bertz CT molecular complexity index is 673. The van der Waals surface area contributed by atoms with Crippen molar-refractivity contribution in [2.45, 2.75) is 45.4 Å². The van der Waals surface area contributed by atoms with E-state index in [0.717, 1.165) is 44.2 Å². The molecule has 1 heterocycles. The SMILES string of the molecule is CCCOc1ccc(C=CC(=O)NCCCN2CCCCCC2=O)cc1OC. The number of carbonyl (C=O) groups excluding carboxylic acids is 2. The first-order valence-corrected chi connectivity index (χ1v) is 10.2. The van der Waals surface area contributed by atoms with Gasteiger partial charge in [-0.3, -0.25) is 9.59 Å². The normalized spacial score (nSPS) is 14.8. The average molecular weight is 389 g/mol. The lowest BCUT2D eigenvalue weighted by Crippen LogP contribution is -2.33. The van der Waals surface area contributed by atoms with Crippen LogP contribution in [-0.4, -0.2) is 50.1 Å². The van der Waals surface area contributed by atoms with Gasteiger partial charge in [-0.2, -0.15) is 0 Å². The van der Waals surface area contributed by atoms with E-state index in [9.17, 15) is 9.59 Å². The molecule has 1 aliphatic heterocycles. The van der Waals surface area contributed by atoms with Gasteiger partial charge < -0.3 is 19.7 Å². The predicted molar refractivity (Wildman–Crippen MR) is 110 cm³/mol. The number of nitrogens with zero attached hydrogens (tertiary/aromatic N) is 1. The number of amides is 2. The molecule has 1 aromatic rings. The minimum atomic E-state index is -0.146. The van der Waals surface area contributed by atoms with Crippen molar-refractivity contribution in [3.05, 3.63) is 29.8 Å². The van der Waals surface area contributed by atoms with Gasteiger partial charge in [-0.05, 0) is 49.5 Å². The molecule has 1 fully saturated rings. The van der Waals surface area contributed by atoms with E-state index in [4.69, 9.17) is 9.47 Å². The number of ether oxygens (including phenoxy) is 2. The fourth-order valence-corrected chi connectivity index (χ4v) is 3.11. The summed E-state index contributed by atoms with van der Waals surface area (Å²) in [6.45, 7) is 4.79. The number of methoxy groups -OCH3 is 1. The molecular weight excluding hydrogens is 356 g/mol. The molecule has 1 aromatic carbocycles. The van der Waals surface area contributed by atoms with Crippen LogP contribution in [0.1, 0.15) is 51.0 Å². The summed E-state index contributed by atoms with van der Waals surface area (Å²) in [7, 11) is 1.60. The fraction of sp³-hybridized carbons (Fsp3) is 0.545. The second-order valence-electron chi connectivity index (χ2n) is 6.93. The Hall–Kier alpha value is -2.50. The van der Waals surface area contributed by atoms with Gasteiger partial charge in [0.1, 0.15) is 0 Å². The largest absolute Gasteiger partial charge is 0.493 e. The number of nitrogens with one attached hydrogen (secondary N) is 1. The van der Waals surface area contributed by atoms with Gasteiger partial charge in [0.05, 0.1) is 13.7 Å². The second kappa shape index (κ2) is 12.1. The molecule has 0 spiro atoms. The van der Waals surface area contributed by atoms with Gasteiger partial charge in [-0.25, -0.2) is 0 Å². The van der Waals surface area contributed by atoms with Crippen LogP contribution in [0, 0.1) is 0 Å². The van der Waals surface area contributed by atoms with E-state index in [0.29, 0.717) is 37.6 Å². The topological polar surface area (TPSA) is 67.9 Å². The van der Waals surface area contributed by atoms with E-state index >= 15 is 0 Å². The number of carbonyl (C=O) groups is 2. The van der Waals surface area contributed by atoms with Crippen LogP contribution >= 0.6 is 0 Å². The molecule has 2 rings (SSSR count). The predicted octanol–water partition coefficient (Wildman–Crippen LogP) is 3.41. The van der Waals surface area contributed by atoms with Gasteiger partial charge in [-0.1, -0.05) is 19.4 Å². The first-order chi connectivity index (χ1) is 13.6. The van der Waals surface area contributed by atoms with Gasteiger partial charge in [0.25, 0.3) is 0 Å². The quantitative estimate of drug-likeness (QED) is 0.493. The second-order valence-corrected chi connectivity index (χ2v) is 6.93. The zero-order chi connectivity index (χ0) is 20.2. The molecule has 28 heavy (non-hydrogen) atoms. The fourth-order valence-electron chi connectivity index (χ4n) is 3.11. The molecule has 0 aromatic heterocycles. The highest BCUT2D eigenvalue weighted by atomic mass is 16.5. The van der Waals surface area contributed by atoms with Crippen LogP contribution < -0.4 is 14.8 Å². The van der Waals surface area contributed by atoms with Crippen LogP contribution in [0.3, 0.4) is 0 Å². The summed E-state index contributed by atoms with van der Waals surface area (Å²) in [6, 6.07) is 5.59. The third-order valence-corrected chi connectivity index (χ3v) is 4.65. The molecular formula is C22H32N2O4. The minimum Gasteiger partial charge on any atom is -0.493 e. The van der Waals surface area contributed by atoms with Crippen LogP contribution in [0.25, 0.3) is 6.08 Å². The number of rotatable bonds is 10. The van der Waals surface area contributed by atoms with Gasteiger partial charge in [0.2, 0.25) is 11.8 Å². The monoisotopic (exact) mass is 388 g/mol. The van der Waals surface area contributed by atoms with E-state index in [1.165, 1.54) is 6.08 Å². The van der Waals surface area contributed by atoms with Crippen LogP contribution in [0.4, 0.5) is 0 Å². The molecule has 1 saturated heterocycles. The Morgan fingerprint density at radius 2 is 2.11 bits per heavy atom. The summed E-state index contributed by atoms with van der Waals surface area (Å²) in [6.07, 6.45) is 8.80. The lowest BCUT2D eigenvalue weighted by molar-refractivity contribution is -0.130. The van der Waals surface area contributed by atoms with E-state index in [1.807, 2.05) is 30.0 Å². The molecule has 0 radical (unpaired) electrons. The third-order valence-electron chi connectivity index (χ3n) is 4.65. The van der Waals surface area contributed by atoms with Crippen molar-refractivity contribution in [1.29, 1.82) is 0 Å². The van der Waals surface area contributed by atoms with E-state index < -0.39 is 0 Å². The molecule has 0 unspecified atom stereocenters. The summed E-state index contributed by atoms with van der Waals surface area (Å²) in [5, 5.41) is 2.87. The van der Waals surface area contributed by atoms with Crippen LogP contribution in [0.15, 0.2) is 24.3 Å². The van der Waals surface area contributed by atoms with Crippen molar-refractivity contribution in [2.24, 2.45) is 0 Å². The summed E-state index contributed by atoms with van der Waals surface area (Å²) in [4.78, 5) is 25.9. The highest BCUT2D eigenvalue weighted by Gasteiger charge is 2.15. The van der Waals surface area contributed by atoms with Gasteiger partial charge in [0, 0.05) is 32.1 Å². The maximum absolute atomic E-state index is 12.0. The Kier molecular flexibility index (Phi) is 9.39. The summed E-state index contributed by atoms with van der Waals surface area (Å²) >= 11 is 0. The van der Waals surface area contributed by atoms with Crippen LogP contribution in [0.2, 0.25) is 0 Å². The standard InChI is InChI=1S/C22H32N2O4/c1-3-16-28-19-11-9-18(17-20(19)27-2)10-12-21(25)23-13-7-15-24-14-6-4-5-8-22(24)26/h9-12,17H,3-8,13-16H2,1-2H3,(H,23,25). The smallest absolute Gasteiger partial charge is 0.244 e. The summed E-state index contributed by atoms with van der Waals surface area (Å²) < 4.78 is 11.0. The van der Waals surface area contributed by atoms with Crippen molar-refractivity contribution in [1.82, 2.24) is 10.2 Å². The lowest BCUT2D eigenvalue weighted by atomic mass is 10.2. The van der Waals surface area contributed by atoms with Gasteiger partial charge in [0.15, 0.2) is 11.5 Å². The highest BCUT2D eigenvalue weighted by molar-refractivity contribution is 5.91. The first-order valence-electron chi connectivity index (χ1n) is 10.2. The summed E-state index contributed by atoms with van der Waals surface area (Å²) in [5.41, 5.74) is 0.867. The van der Waals surface area contributed by atoms with Gasteiger partial charge in [-0.15, -0.1) is 0 Å². The van der Waals surface area contributed by atoms with Crippen molar-refractivity contribution >= 4 is 17.9 Å². The molecule has 154 valence electrons. The number of hydrogen-bond acceptors (Lipinski definition) is 4. The third kappa shape index (κ3) is 7.25. The zero-order valence-corrected chi connectivity index (χ0v) is 17.0. The minimum absolute atomic E-state index is 0.146. The first kappa shape index (κ1) is 21.8. The molecule has 2 amide bonds. The molecule has 6 nitrogen and oxygen atoms in total. The molecule has 1 N–H and O–H groups in total. The van der Waals surface area contributed by atoms with Crippen LogP contribution in [0.5, 0.6) is 11.5 Å². The highest BCUT2D eigenvalue weighted by Crippen LogP contribution is 2.28. The zero-order valence-electron chi connectivity index (χ0n) is 17.0. The van der Waals surface area contributed by atoms with Gasteiger partial charge >= 0.3 is 0 Å². The molecule has 6 heteroatoms. The number of benzene rings is 1. The molecule has 0 atom stereocenters. The van der Waals surface area contributed by atoms with Crippen molar-refractivity contribution < 1.29 is 19.1 Å². The van der Waals surface area contributed by atoms with E-state index in [-0.39, 0.29) is 11.8 Å². The molecule has 0 saturated carbocycles. The van der Waals surface area contributed by atoms with E-state index in [2.05, 4.69) is 5.32 Å².